The molecule has 0 aliphatic rings. The molecule has 150 valence electrons. The van der Waals surface area contributed by atoms with Crippen molar-refractivity contribution in [1.29, 1.82) is 0 Å². The van der Waals surface area contributed by atoms with Crippen molar-refractivity contribution in [2.45, 2.75) is 4.90 Å². The van der Waals surface area contributed by atoms with E-state index in [0.717, 1.165) is 20.8 Å². The molecule has 0 fully saturated rings. The van der Waals surface area contributed by atoms with E-state index in [-0.39, 0.29) is 10.5 Å². The maximum atomic E-state index is 12.9. The standard InChI is InChI=1S/C21H15N3O4S2/c1-24-17-10-9-15(12-18(17)28-21(24)25)30(26,27)23-14-6-4-5-13(11-14)20-22-16-7-2-3-8-19(16)29-20/h2-12,23H,1H3. The molecular weight excluding hydrogens is 422 g/mol. The van der Waals surface area contributed by atoms with Gasteiger partial charge in [0.1, 0.15) is 5.01 Å². The van der Waals surface area contributed by atoms with Crippen LogP contribution in [0.1, 0.15) is 0 Å². The van der Waals surface area contributed by atoms with Gasteiger partial charge in [-0.05, 0) is 36.4 Å². The van der Waals surface area contributed by atoms with Gasteiger partial charge in [0, 0.05) is 24.4 Å². The first-order valence-electron chi connectivity index (χ1n) is 8.99. The molecule has 0 aliphatic heterocycles. The molecule has 7 nitrogen and oxygen atoms in total. The zero-order valence-electron chi connectivity index (χ0n) is 15.7. The summed E-state index contributed by atoms with van der Waals surface area (Å²) in [5, 5.41) is 0.810. The molecule has 0 bridgehead atoms. The van der Waals surface area contributed by atoms with Crippen molar-refractivity contribution in [3.63, 3.8) is 0 Å². The molecule has 30 heavy (non-hydrogen) atoms. The van der Waals surface area contributed by atoms with Crippen molar-refractivity contribution in [1.82, 2.24) is 9.55 Å². The van der Waals surface area contributed by atoms with Crippen molar-refractivity contribution in [2.75, 3.05) is 4.72 Å². The Hall–Kier alpha value is -3.43. The number of para-hydroxylation sites is 1. The van der Waals surface area contributed by atoms with Gasteiger partial charge in [-0.1, -0.05) is 24.3 Å². The third-order valence-corrected chi connectivity index (χ3v) is 7.19. The van der Waals surface area contributed by atoms with E-state index in [4.69, 9.17) is 4.42 Å². The Labute approximate surface area is 175 Å². The summed E-state index contributed by atoms with van der Waals surface area (Å²) in [6, 6.07) is 19.3. The van der Waals surface area contributed by atoms with E-state index in [1.807, 2.05) is 30.3 Å². The van der Waals surface area contributed by atoms with Crippen LogP contribution < -0.4 is 10.5 Å². The SMILES string of the molecule is Cn1c(=O)oc2cc(S(=O)(=O)Nc3cccc(-c4nc5ccccc5s4)c3)ccc21. The largest absolute Gasteiger partial charge is 0.419 e. The van der Waals surface area contributed by atoms with Crippen molar-refractivity contribution in [3.05, 3.63) is 77.3 Å². The number of benzene rings is 3. The highest BCUT2D eigenvalue weighted by Gasteiger charge is 2.18. The number of aryl methyl sites for hydroxylation is 1. The molecule has 0 aliphatic carbocycles. The van der Waals surface area contributed by atoms with Gasteiger partial charge >= 0.3 is 5.76 Å². The molecule has 1 N–H and O–H groups in total. The average Bonchev–Trinajstić information content (AvgIpc) is 3.29. The number of hydrogen-bond donors (Lipinski definition) is 1. The lowest BCUT2D eigenvalue weighted by Gasteiger charge is -2.09. The number of nitrogens with one attached hydrogen (secondary N) is 1. The Morgan fingerprint density at radius 3 is 2.70 bits per heavy atom. The molecular formula is C21H15N3O4S2. The number of rotatable bonds is 4. The maximum absolute atomic E-state index is 12.9. The first-order chi connectivity index (χ1) is 14.4. The topological polar surface area (TPSA) is 94.2 Å². The first kappa shape index (κ1) is 18.6. The zero-order chi connectivity index (χ0) is 20.9. The number of oxazole rings is 1. The van der Waals surface area contributed by atoms with E-state index in [0.29, 0.717) is 11.2 Å². The van der Waals surface area contributed by atoms with E-state index in [1.165, 1.54) is 16.7 Å². The predicted octanol–water partition coefficient (Wildman–Crippen LogP) is 4.21. The van der Waals surface area contributed by atoms with Crippen molar-refractivity contribution < 1.29 is 12.8 Å². The molecule has 5 aromatic rings. The number of thiazole rings is 1. The number of sulfonamides is 1. The molecule has 0 saturated carbocycles. The number of anilines is 1. The van der Waals surface area contributed by atoms with Crippen LogP contribution in [0.5, 0.6) is 0 Å². The summed E-state index contributed by atoms with van der Waals surface area (Å²) in [5.41, 5.74) is 2.88. The van der Waals surface area contributed by atoms with Crippen LogP contribution in [-0.2, 0) is 17.1 Å². The molecule has 2 aromatic heterocycles. The molecule has 0 saturated heterocycles. The van der Waals surface area contributed by atoms with Crippen LogP contribution in [0.3, 0.4) is 0 Å². The molecule has 0 spiro atoms. The Balaban J connectivity index is 1.49. The van der Waals surface area contributed by atoms with Gasteiger partial charge in [0.25, 0.3) is 10.0 Å². The zero-order valence-corrected chi connectivity index (χ0v) is 17.3. The molecule has 0 amide bonds. The lowest BCUT2D eigenvalue weighted by Crippen LogP contribution is -2.13. The molecule has 5 rings (SSSR count). The van der Waals surface area contributed by atoms with E-state index >= 15 is 0 Å². The predicted molar refractivity (Wildman–Crippen MR) is 117 cm³/mol. The normalized spacial score (nSPS) is 11.9. The van der Waals surface area contributed by atoms with E-state index in [1.54, 1.807) is 42.6 Å². The quantitative estimate of drug-likeness (QED) is 0.455. The molecule has 0 radical (unpaired) electrons. The van der Waals surface area contributed by atoms with Crippen LogP contribution in [0.2, 0.25) is 0 Å². The lowest BCUT2D eigenvalue weighted by atomic mass is 10.2. The Morgan fingerprint density at radius 2 is 1.87 bits per heavy atom. The van der Waals surface area contributed by atoms with E-state index in [2.05, 4.69) is 9.71 Å². The second kappa shape index (κ2) is 6.82. The van der Waals surface area contributed by atoms with Gasteiger partial charge in [0.15, 0.2) is 5.58 Å². The minimum atomic E-state index is -3.87. The highest BCUT2D eigenvalue weighted by Crippen LogP contribution is 2.31. The minimum Gasteiger partial charge on any atom is -0.408 e. The highest BCUT2D eigenvalue weighted by molar-refractivity contribution is 7.92. The highest BCUT2D eigenvalue weighted by atomic mass is 32.2. The van der Waals surface area contributed by atoms with Crippen LogP contribution in [0.4, 0.5) is 5.69 Å². The van der Waals surface area contributed by atoms with E-state index < -0.39 is 15.8 Å². The summed E-state index contributed by atoms with van der Waals surface area (Å²) in [5.74, 6) is -0.545. The first-order valence-corrected chi connectivity index (χ1v) is 11.3. The van der Waals surface area contributed by atoms with Crippen molar-refractivity contribution in [3.8, 4) is 10.6 Å². The third-order valence-electron chi connectivity index (χ3n) is 4.73. The Morgan fingerprint density at radius 1 is 1.03 bits per heavy atom. The number of fused-ring (bicyclic) bond motifs is 2. The van der Waals surface area contributed by atoms with Crippen LogP contribution in [0, 0.1) is 0 Å². The van der Waals surface area contributed by atoms with Gasteiger partial charge in [-0.15, -0.1) is 11.3 Å². The van der Waals surface area contributed by atoms with Crippen LogP contribution in [0.25, 0.3) is 31.9 Å². The number of hydrogen-bond acceptors (Lipinski definition) is 6. The average molecular weight is 438 g/mol. The summed E-state index contributed by atoms with van der Waals surface area (Å²) in [7, 11) is -2.31. The van der Waals surface area contributed by atoms with Crippen LogP contribution in [-0.4, -0.2) is 18.0 Å². The molecule has 3 aromatic carbocycles. The van der Waals surface area contributed by atoms with Gasteiger partial charge < -0.3 is 4.42 Å². The lowest BCUT2D eigenvalue weighted by molar-refractivity contribution is 0.527. The minimum absolute atomic E-state index is 0.00902. The Bertz CT molecular complexity index is 1550. The van der Waals surface area contributed by atoms with Gasteiger partial charge in [-0.25, -0.2) is 18.2 Å². The fourth-order valence-corrected chi connectivity index (χ4v) is 5.23. The van der Waals surface area contributed by atoms with Gasteiger partial charge in [-0.3, -0.25) is 9.29 Å². The summed E-state index contributed by atoms with van der Waals surface area (Å²) in [6.45, 7) is 0. The van der Waals surface area contributed by atoms with E-state index in [9.17, 15) is 13.2 Å². The summed E-state index contributed by atoms with van der Waals surface area (Å²) in [6.07, 6.45) is 0. The summed E-state index contributed by atoms with van der Waals surface area (Å²) < 4.78 is 35.8. The monoisotopic (exact) mass is 437 g/mol. The molecule has 0 atom stereocenters. The van der Waals surface area contributed by atoms with Crippen molar-refractivity contribution in [2.24, 2.45) is 7.05 Å². The second-order valence-corrected chi connectivity index (χ2v) is 9.44. The molecule has 0 unspecified atom stereocenters. The fourth-order valence-electron chi connectivity index (χ4n) is 3.21. The van der Waals surface area contributed by atoms with Crippen LogP contribution in [0.15, 0.2) is 80.8 Å². The van der Waals surface area contributed by atoms with Gasteiger partial charge in [0.2, 0.25) is 0 Å². The fraction of sp³-hybridized carbons (Fsp3) is 0.0476. The van der Waals surface area contributed by atoms with Gasteiger partial charge in [-0.2, -0.15) is 0 Å². The van der Waals surface area contributed by atoms with Gasteiger partial charge in [0.05, 0.1) is 20.6 Å². The smallest absolute Gasteiger partial charge is 0.408 e. The summed E-state index contributed by atoms with van der Waals surface area (Å²) >= 11 is 1.55. The Kier molecular flexibility index (Phi) is 4.23. The van der Waals surface area contributed by atoms with Crippen LogP contribution >= 0.6 is 11.3 Å². The number of nitrogens with zero attached hydrogens (tertiary/aromatic N) is 2. The maximum Gasteiger partial charge on any atom is 0.419 e. The third kappa shape index (κ3) is 3.17. The summed E-state index contributed by atoms with van der Waals surface area (Å²) in [4.78, 5) is 16.3. The molecule has 2 heterocycles. The second-order valence-electron chi connectivity index (χ2n) is 6.73. The molecule has 9 heteroatoms. The van der Waals surface area contributed by atoms with Crippen molar-refractivity contribution >= 4 is 48.4 Å². The number of aromatic nitrogens is 2.